The van der Waals surface area contributed by atoms with Gasteiger partial charge in [0.05, 0.1) is 12.2 Å². The van der Waals surface area contributed by atoms with Crippen molar-refractivity contribution >= 4 is 23.0 Å². The van der Waals surface area contributed by atoms with E-state index in [2.05, 4.69) is 19.8 Å². The average molecular weight is 314 g/mol. The van der Waals surface area contributed by atoms with E-state index in [4.69, 9.17) is 5.11 Å². The molecule has 0 saturated heterocycles. The second kappa shape index (κ2) is 4.85. The van der Waals surface area contributed by atoms with Crippen LogP contribution in [0, 0.1) is 0 Å². The molecule has 1 aromatic heterocycles. The lowest BCUT2D eigenvalue weighted by molar-refractivity contribution is -0.286. The highest BCUT2D eigenvalue weighted by molar-refractivity contribution is 7.11. The number of carboxylic acids is 1. The number of aromatic carboxylic acids is 1. The van der Waals surface area contributed by atoms with Gasteiger partial charge in [0.25, 0.3) is 0 Å². The van der Waals surface area contributed by atoms with E-state index in [1.807, 2.05) is 0 Å². The Bertz CT molecular complexity index is 704. The highest BCUT2D eigenvalue weighted by Gasteiger charge is 2.43. The Balaban J connectivity index is 1.68. The number of anilines is 1. The third-order valence-electron chi connectivity index (χ3n) is 2.61. The van der Waals surface area contributed by atoms with Crippen LogP contribution in [0.4, 0.5) is 14.5 Å². The lowest BCUT2D eigenvalue weighted by Gasteiger charge is -2.05. The summed E-state index contributed by atoms with van der Waals surface area (Å²) in [5, 5.41) is 13.3. The summed E-state index contributed by atoms with van der Waals surface area (Å²) in [6.45, 7) is 0.264. The van der Waals surface area contributed by atoms with Gasteiger partial charge in [-0.15, -0.1) is 20.1 Å². The lowest BCUT2D eigenvalue weighted by atomic mass is 10.2. The molecule has 1 aliphatic rings. The van der Waals surface area contributed by atoms with E-state index in [0.29, 0.717) is 11.4 Å². The van der Waals surface area contributed by atoms with Gasteiger partial charge in [-0.3, -0.25) is 0 Å². The van der Waals surface area contributed by atoms with Crippen LogP contribution in [-0.2, 0) is 6.54 Å². The minimum absolute atomic E-state index is 0.00266. The zero-order valence-corrected chi connectivity index (χ0v) is 11.1. The number of nitrogens with zero attached hydrogens (tertiary/aromatic N) is 1. The highest BCUT2D eigenvalue weighted by Crippen LogP contribution is 2.42. The number of thiazole rings is 1. The molecule has 0 saturated carbocycles. The monoisotopic (exact) mass is 314 g/mol. The van der Waals surface area contributed by atoms with Crippen LogP contribution in [0.25, 0.3) is 0 Å². The van der Waals surface area contributed by atoms with Gasteiger partial charge in [-0.1, -0.05) is 0 Å². The molecule has 21 heavy (non-hydrogen) atoms. The smallest absolute Gasteiger partial charge is 0.476 e. The average Bonchev–Trinajstić information content (AvgIpc) is 2.98. The molecule has 110 valence electrons. The van der Waals surface area contributed by atoms with Crippen molar-refractivity contribution in [2.75, 3.05) is 5.32 Å². The van der Waals surface area contributed by atoms with Crippen molar-refractivity contribution in [3.05, 3.63) is 34.3 Å². The molecule has 0 aliphatic carbocycles. The zero-order chi connectivity index (χ0) is 15.0. The molecule has 0 amide bonds. The Morgan fingerprint density at radius 3 is 2.86 bits per heavy atom. The maximum Gasteiger partial charge on any atom is 0.586 e. The van der Waals surface area contributed by atoms with Crippen molar-refractivity contribution in [1.29, 1.82) is 0 Å². The number of carboxylic acid groups (broad SMARTS) is 1. The quantitative estimate of drug-likeness (QED) is 0.903. The minimum Gasteiger partial charge on any atom is -0.476 e. The SMILES string of the molecule is O=C(O)c1nc(CNc2ccc3c(c2)OC(F)(F)O3)cs1. The van der Waals surface area contributed by atoms with Crippen molar-refractivity contribution in [3.63, 3.8) is 0 Å². The number of hydrogen-bond acceptors (Lipinski definition) is 6. The fourth-order valence-electron chi connectivity index (χ4n) is 1.74. The van der Waals surface area contributed by atoms with E-state index in [1.54, 1.807) is 11.4 Å². The first-order valence-corrected chi connectivity index (χ1v) is 6.62. The number of fused-ring (bicyclic) bond motifs is 1. The molecule has 3 rings (SSSR count). The van der Waals surface area contributed by atoms with Gasteiger partial charge in [-0.25, -0.2) is 9.78 Å². The van der Waals surface area contributed by atoms with E-state index < -0.39 is 12.3 Å². The van der Waals surface area contributed by atoms with Crippen molar-refractivity contribution < 1.29 is 28.2 Å². The van der Waals surface area contributed by atoms with Crippen LogP contribution >= 0.6 is 11.3 Å². The van der Waals surface area contributed by atoms with Crippen LogP contribution in [0.5, 0.6) is 11.5 Å². The summed E-state index contributed by atoms with van der Waals surface area (Å²) in [5.41, 5.74) is 1.07. The van der Waals surface area contributed by atoms with E-state index in [0.717, 1.165) is 11.3 Å². The fraction of sp³-hybridized carbons (Fsp3) is 0.167. The molecule has 9 heteroatoms. The molecule has 1 aromatic carbocycles. The Morgan fingerprint density at radius 1 is 1.38 bits per heavy atom. The highest BCUT2D eigenvalue weighted by atomic mass is 32.1. The Hall–Kier alpha value is -2.42. The normalized spacial score (nSPS) is 15.0. The minimum atomic E-state index is -3.65. The van der Waals surface area contributed by atoms with E-state index in [9.17, 15) is 13.6 Å². The molecule has 0 radical (unpaired) electrons. The maximum atomic E-state index is 12.9. The molecule has 2 aromatic rings. The Morgan fingerprint density at radius 2 is 2.14 bits per heavy atom. The number of carbonyl (C=O) groups is 1. The number of nitrogens with one attached hydrogen (secondary N) is 1. The standard InChI is InChI=1S/C12H8F2N2O4S/c13-12(14)19-8-2-1-6(3-9(8)20-12)15-4-7-5-21-10(16-7)11(17)18/h1-3,5,15H,4H2,(H,17,18). The van der Waals surface area contributed by atoms with Crippen molar-refractivity contribution in [3.8, 4) is 11.5 Å². The molecule has 0 bridgehead atoms. The fourth-order valence-corrected chi connectivity index (χ4v) is 2.39. The van der Waals surface area contributed by atoms with Gasteiger partial charge in [-0.2, -0.15) is 0 Å². The molecule has 1 aliphatic heterocycles. The summed E-state index contributed by atoms with van der Waals surface area (Å²) in [5.74, 6) is -1.18. The Kier molecular flexibility index (Phi) is 3.13. The second-order valence-electron chi connectivity index (χ2n) is 4.13. The van der Waals surface area contributed by atoms with Gasteiger partial charge in [0.15, 0.2) is 11.5 Å². The number of ether oxygens (including phenoxy) is 2. The van der Waals surface area contributed by atoms with Crippen LogP contribution < -0.4 is 14.8 Å². The van der Waals surface area contributed by atoms with Crippen LogP contribution in [-0.4, -0.2) is 22.4 Å². The molecule has 2 N–H and O–H groups in total. The summed E-state index contributed by atoms with van der Waals surface area (Å²) in [7, 11) is 0. The number of benzene rings is 1. The molecule has 0 spiro atoms. The molecule has 6 nitrogen and oxygen atoms in total. The van der Waals surface area contributed by atoms with Gasteiger partial charge in [0.2, 0.25) is 5.01 Å². The molecule has 2 heterocycles. The van der Waals surface area contributed by atoms with Gasteiger partial charge in [-0.05, 0) is 12.1 Å². The second-order valence-corrected chi connectivity index (χ2v) is 4.99. The van der Waals surface area contributed by atoms with E-state index in [-0.39, 0.29) is 23.1 Å². The summed E-state index contributed by atoms with van der Waals surface area (Å²) < 4.78 is 34.4. The Labute approximate surface area is 121 Å². The maximum absolute atomic E-state index is 12.9. The topological polar surface area (TPSA) is 80.7 Å². The number of rotatable bonds is 4. The first kappa shape index (κ1) is 13.6. The van der Waals surface area contributed by atoms with Crippen LogP contribution in [0.2, 0.25) is 0 Å². The summed E-state index contributed by atoms with van der Waals surface area (Å²) >= 11 is 1.02. The number of hydrogen-bond donors (Lipinski definition) is 2. The van der Waals surface area contributed by atoms with Gasteiger partial charge in [0, 0.05) is 17.1 Å². The number of halogens is 2. The molecule has 0 unspecified atom stereocenters. The van der Waals surface area contributed by atoms with Gasteiger partial charge in [0.1, 0.15) is 0 Å². The van der Waals surface area contributed by atoms with E-state index >= 15 is 0 Å². The van der Waals surface area contributed by atoms with E-state index in [1.165, 1.54) is 12.1 Å². The molecule has 0 atom stereocenters. The first-order valence-electron chi connectivity index (χ1n) is 5.74. The van der Waals surface area contributed by atoms with Crippen molar-refractivity contribution in [1.82, 2.24) is 4.98 Å². The van der Waals surface area contributed by atoms with Crippen LogP contribution in [0.15, 0.2) is 23.6 Å². The molecular formula is C12H8F2N2O4S. The molecular weight excluding hydrogens is 306 g/mol. The summed E-state index contributed by atoms with van der Waals surface area (Å²) in [6, 6.07) is 4.29. The predicted octanol–water partition coefficient (Wildman–Crippen LogP) is 2.77. The molecule has 0 fully saturated rings. The third kappa shape index (κ3) is 2.87. The zero-order valence-electron chi connectivity index (χ0n) is 10.3. The first-order chi connectivity index (χ1) is 9.93. The third-order valence-corrected chi connectivity index (χ3v) is 3.49. The van der Waals surface area contributed by atoms with Crippen LogP contribution in [0.1, 0.15) is 15.5 Å². The summed E-state index contributed by atoms with van der Waals surface area (Å²) in [6.07, 6.45) is -3.65. The van der Waals surface area contributed by atoms with Crippen molar-refractivity contribution in [2.45, 2.75) is 12.8 Å². The number of aromatic nitrogens is 1. The van der Waals surface area contributed by atoms with Crippen LogP contribution in [0.3, 0.4) is 0 Å². The number of alkyl halides is 2. The van der Waals surface area contributed by atoms with Crippen molar-refractivity contribution in [2.24, 2.45) is 0 Å². The summed E-state index contributed by atoms with van der Waals surface area (Å²) in [4.78, 5) is 14.6. The van der Waals surface area contributed by atoms with Gasteiger partial charge >= 0.3 is 12.3 Å². The largest absolute Gasteiger partial charge is 0.586 e. The predicted molar refractivity (Wildman–Crippen MR) is 69.0 cm³/mol. The lowest BCUT2D eigenvalue weighted by Crippen LogP contribution is -2.25. The van der Waals surface area contributed by atoms with Gasteiger partial charge < -0.3 is 19.9 Å².